The van der Waals surface area contributed by atoms with Gasteiger partial charge in [-0.1, -0.05) is 34.5 Å². The molecule has 2 rings (SSSR count). The van der Waals surface area contributed by atoms with Gasteiger partial charge >= 0.3 is 0 Å². The number of carbonyl (C=O) groups excluding carboxylic acids is 1. The minimum atomic E-state index is -1.02. The highest BCUT2D eigenvalue weighted by molar-refractivity contribution is 9.10. The summed E-state index contributed by atoms with van der Waals surface area (Å²) in [6.45, 7) is 6.96. The molecule has 0 radical (unpaired) electrons. The molecule has 1 amide bonds. The van der Waals surface area contributed by atoms with E-state index in [9.17, 15) is 4.79 Å². The van der Waals surface area contributed by atoms with Crippen molar-refractivity contribution in [1.82, 2.24) is 10.2 Å². The summed E-state index contributed by atoms with van der Waals surface area (Å²) in [7, 11) is 0. The van der Waals surface area contributed by atoms with Crippen LogP contribution in [0.25, 0.3) is 0 Å². The van der Waals surface area contributed by atoms with E-state index in [-0.39, 0.29) is 36.8 Å². The Hall–Kier alpha value is -0.330. The monoisotopic (exact) mass is 439 g/mol. The van der Waals surface area contributed by atoms with Crippen molar-refractivity contribution in [3.63, 3.8) is 0 Å². The standard InChI is InChI=1S/C17H26BrN3O.2ClH/c1-13(12-21-10-4-3-5-11-21)20-16(22)17(2,19)14-6-8-15(18)9-7-14;;/h6-9,13H,3-5,10-12,19H2,1-2H3,(H,20,22);2*1H. The highest BCUT2D eigenvalue weighted by Gasteiger charge is 2.31. The molecule has 0 spiro atoms. The Morgan fingerprint density at radius 1 is 1.25 bits per heavy atom. The van der Waals surface area contributed by atoms with Crippen molar-refractivity contribution in [1.29, 1.82) is 0 Å². The van der Waals surface area contributed by atoms with Crippen molar-refractivity contribution >= 4 is 46.7 Å². The Kier molecular flexibility index (Phi) is 10.5. The molecule has 1 fully saturated rings. The van der Waals surface area contributed by atoms with Gasteiger partial charge in [-0.15, -0.1) is 24.8 Å². The highest BCUT2D eigenvalue weighted by Crippen LogP contribution is 2.21. The number of amides is 1. The molecule has 24 heavy (non-hydrogen) atoms. The zero-order valence-corrected chi connectivity index (χ0v) is 17.5. The lowest BCUT2D eigenvalue weighted by molar-refractivity contribution is -0.126. The van der Waals surface area contributed by atoms with Crippen LogP contribution >= 0.6 is 40.7 Å². The molecule has 4 nitrogen and oxygen atoms in total. The summed E-state index contributed by atoms with van der Waals surface area (Å²) in [4.78, 5) is 15.0. The number of nitrogens with two attached hydrogens (primary N) is 1. The Balaban J connectivity index is 0.00000264. The molecule has 7 heteroatoms. The van der Waals surface area contributed by atoms with Gasteiger partial charge in [0, 0.05) is 17.1 Å². The van der Waals surface area contributed by atoms with Crippen LogP contribution in [0.3, 0.4) is 0 Å². The number of piperidine rings is 1. The number of nitrogens with zero attached hydrogens (tertiary/aromatic N) is 1. The van der Waals surface area contributed by atoms with Gasteiger partial charge in [0.05, 0.1) is 0 Å². The molecule has 1 saturated heterocycles. The zero-order chi connectivity index (χ0) is 16.2. The molecule has 0 bridgehead atoms. The Labute approximate surface area is 165 Å². The van der Waals surface area contributed by atoms with Gasteiger partial charge in [-0.25, -0.2) is 0 Å². The van der Waals surface area contributed by atoms with Gasteiger partial charge in [0.15, 0.2) is 0 Å². The van der Waals surface area contributed by atoms with Crippen LogP contribution in [0.4, 0.5) is 0 Å². The first-order valence-electron chi connectivity index (χ1n) is 7.98. The third-order valence-corrected chi connectivity index (χ3v) is 4.80. The molecule has 0 aliphatic carbocycles. The molecule has 138 valence electrons. The Morgan fingerprint density at radius 3 is 2.33 bits per heavy atom. The van der Waals surface area contributed by atoms with E-state index in [2.05, 4.69) is 26.1 Å². The summed E-state index contributed by atoms with van der Waals surface area (Å²) in [6.07, 6.45) is 3.84. The topological polar surface area (TPSA) is 58.4 Å². The molecule has 0 aromatic heterocycles. The number of hydrogen-bond donors (Lipinski definition) is 2. The van der Waals surface area contributed by atoms with E-state index < -0.39 is 5.54 Å². The van der Waals surface area contributed by atoms with Crippen LogP contribution in [0, 0.1) is 0 Å². The summed E-state index contributed by atoms with van der Waals surface area (Å²) >= 11 is 3.40. The summed E-state index contributed by atoms with van der Waals surface area (Å²) < 4.78 is 0.978. The van der Waals surface area contributed by atoms with Crippen molar-refractivity contribution < 1.29 is 4.79 Å². The number of benzene rings is 1. The van der Waals surface area contributed by atoms with E-state index in [1.165, 1.54) is 19.3 Å². The molecule has 1 aliphatic rings. The Morgan fingerprint density at radius 2 is 1.79 bits per heavy atom. The van der Waals surface area contributed by atoms with Crippen LogP contribution in [-0.4, -0.2) is 36.5 Å². The third-order valence-electron chi connectivity index (χ3n) is 4.27. The lowest BCUT2D eigenvalue weighted by Crippen LogP contribution is -2.53. The molecule has 2 atom stereocenters. The second-order valence-electron chi connectivity index (χ2n) is 6.45. The van der Waals surface area contributed by atoms with E-state index in [1.54, 1.807) is 6.92 Å². The fourth-order valence-electron chi connectivity index (χ4n) is 2.88. The van der Waals surface area contributed by atoms with Gasteiger partial charge in [-0.2, -0.15) is 0 Å². The molecule has 2 unspecified atom stereocenters. The summed E-state index contributed by atoms with van der Waals surface area (Å²) in [5, 5.41) is 3.06. The maximum atomic E-state index is 12.5. The van der Waals surface area contributed by atoms with Crippen molar-refractivity contribution in [3.05, 3.63) is 34.3 Å². The van der Waals surface area contributed by atoms with Crippen LogP contribution in [0.5, 0.6) is 0 Å². The normalized spacial score (nSPS) is 18.5. The average molecular weight is 441 g/mol. The predicted octanol–water partition coefficient (Wildman–Crippen LogP) is 3.46. The van der Waals surface area contributed by atoms with Crippen molar-refractivity contribution in [2.75, 3.05) is 19.6 Å². The van der Waals surface area contributed by atoms with Gasteiger partial charge in [0.25, 0.3) is 0 Å². The van der Waals surface area contributed by atoms with Crippen LogP contribution in [-0.2, 0) is 10.3 Å². The van der Waals surface area contributed by atoms with Crippen molar-refractivity contribution in [2.24, 2.45) is 5.73 Å². The first-order chi connectivity index (χ1) is 10.4. The molecule has 1 aromatic carbocycles. The molecular weight excluding hydrogens is 413 g/mol. The summed E-state index contributed by atoms with van der Waals surface area (Å²) in [5.74, 6) is -0.126. The highest BCUT2D eigenvalue weighted by atomic mass is 79.9. The van der Waals surface area contributed by atoms with E-state index in [0.717, 1.165) is 29.7 Å². The smallest absolute Gasteiger partial charge is 0.244 e. The van der Waals surface area contributed by atoms with Gasteiger partial charge in [-0.3, -0.25) is 4.79 Å². The van der Waals surface area contributed by atoms with Crippen LogP contribution < -0.4 is 11.1 Å². The fourth-order valence-corrected chi connectivity index (χ4v) is 3.14. The molecular formula is C17H28BrCl2N3O. The molecule has 0 saturated carbocycles. The third kappa shape index (κ3) is 6.52. The lowest BCUT2D eigenvalue weighted by Gasteiger charge is -2.31. The van der Waals surface area contributed by atoms with Gasteiger partial charge in [0.1, 0.15) is 5.54 Å². The minimum absolute atomic E-state index is 0. The summed E-state index contributed by atoms with van der Waals surface area (Å²) in [5.41, 5.74) is 6.07. The maximum absolute atomic E-state index is 12.5. The second kappa shape index (κ2) is 10.6. The number of halogens is 3. The quantitative estimate of drug-likeness (QED) is 0.736. The number of rotatable bonds is 5. The first kappa shape index (κ1) is 23.7. The Bertz CT molecular complexity index is 505. The van der Waals surface area contributed by atoms with Crippen LogP contribution in [0.1, 0.15) is 38.7 Å². The minimum Gasteiger partial charge on any atom is -0.350 e. The lowest BCUT2D eigenvalue weighted by atomic mass is 9.92. The number of hydrogen-bond acceptors (Lipinski definition) is 3. The second-order valence-corrected chi connectivity index (χ2v) is 7.36. The fraction of sp³-hybridized carbons (Fsp3) is 0.588. The predicted molar refractivity (Wildman–Crippen MR) is 108 cm³/mol. The van der Waals surface area contributed by atoms with Crippen molar-refractivity contribution in [3.8, 4) is 0 Å². The molecule has 1 aromatic rings. The van der Waals surface area contributed by atoms with Gasteiger partial charge < -0.3 is 16.0 Å². The first-order valence-corrected chi connectivity index (χ1v) is 8.77. The van der Waals surface area contributed by atoms with Gasteiger partial charge in [-0.05, 0) is 57.5 Å². The van der Waals surface area contributed by atoms with Crippen LogP contribution in [0.15, 0.2) is 28.7 Å². The van der Waals surface area contributed by atoms with E-state index >= 15 is 0 Å². The molecule has 1 aliphatic heterocycles. The van der Waals surface area contributed by atoms with E-state index in [4.69, 9.17) is 5.73 Å². The molecule has 3 N–H and O–H groups in total. The van der Waals surface area contributed by atoms with Crippen LogP contribution in [0.2, 0.25) is 0 Å². The van der Waals surface area contributed by atoms with E-state index in [0.29, 0.717) is 0 Å². The van der Waals surface area contributed by atoms with Gasteiger partial charge in [0.2, 0.25) is 5.91 Å². The number of likely N-dealkylation sites (tertiary alicyclic amines) is 1. The zero-order valence-electron chi connectivity index (χ0n) is 14.3. The van der Waals surface area contributed by atoms with Crippen molar-refractivity contribution in [2.45, 2.75) is 44.7 Å². The largest absolute Gasteiger partial charge is 0.350 e. The molecule has 1 heterocycles. The average Bonchev–Trinajstić information content (AvgIpc) is 2.48. The number of nitrogens with one attached hydrogen (secondary N) is 1. The van der Waals surface area contributed by atoms with E-state index in [1.807, 2.05) is 31.2 Å². The summed E-state index contributed by atoms with van der Waals surface area (Å²) in [6, 6.07) is 7.69. The SMILES string of the molecule is CC(CN1CCCCC1)NC(=O)C(C)(N)c1ccc(Br)cc1.Cl.Cl. The number of carbonyl (C=O) groups is 1. The maximum Gasteiger partial charge on any atom is 0.244 e.